The highest BCUT2D eigenvalue weighted by atomic mass is 16.2. The van der Waals surface area contributed by atoms with Crippen LogP contribution in [0.4, 0.5) is 10.5 Å². The van der Waals surface area contributed by atoms with Crippen LogP contribution in [0.25, 0.3) is 0 Å². The minimum absolute atomic E-state index is 0.165. The predicted octanol–water partition coefficient (Wildman–Crippen LogP) is 3.82. The Morgan fingerprint density at radius 3 is 2.37 bits per heavy atom. The van der Waals surface area contributed by atoms with Crippen LogP contribution in [-0.4, -0.2) is 30.6 Å². The number of urea groups is 1. The SMILES string of the molecule is CCN(C(=O)N1CCCCCC1)c1ccccc1C. The Bertz CT molecular complexity index is 423. The first-order chi connectivity index (χ1) is 9.24. The maximum absolute atomic E-state index is 12.7. The summed E-state index contributed by atoms with van der Waals surface area (Å²) in [4.78, 5) is 16.6. The first-order valence-electron chi connectivity index (χ1n) is 7.36. The second kappa shape index (κ2) is 6.60. The lowest BCUT2D eigenvalue weighted by Gasteiger charge is -2.30. The molecule has 2 amide bonds. The molecular formula is C16H24N2O. The van der Waals surface area contributed by atoms with Crippen molar-refractivity contribution in [3.8, 4) is 0 Å². The molecule has 0 radical (unpaired) electrons. The lowest BCUT2D eigenvalue weighted by Crippen LogP contribution is -2.44. The minimum atomic E-state index is 0.165. The standard InChI is InChI=1S/C16H24N2O/c1-3-18(15-11-7-6-10-14(15)2)16(19)17-12-8-4-5-9-13-17/h6-7,10-11H,3-5,8-9,12-13H2,1-2H3. The molecule has 1 aliphatic rings. The molecule has 3 heteroatoms. The predicted molar refractivity (Wildman–Crippen MR) is 79.6 cm³/mol. The molecule has 3 nitrogen and oxygen atoms in total. The van der Waals surface area contributed by atoms with Crippen LogP contribution in [0.5, 0.6) is 0 Å². The fourth-order valence-corrected chi connectivity index (χ4v) is 2.71. The van der Waals surface area contributed by atoms with Gasteiger partial charge in [-0.2, -0.15) is 0 Å². The van der Waals surface area contributed by atoms with Crippen molar-refractivity contribution in [3.05, 3.63) is 29.8 Å². The van der Waals surface area contributed by atoms with Gasteiger partial charge in [0.15, 0.2) is 0 Å². The van der Waals surface area contributed by atoms with E-state index < -0.39 is 0 Å². The van der Waals surface area contributed by atoms with Gasteiger partial charge in [-0.1, -0.05) is 31.0 Å². The first-order valence-corrected chi connectivity index (χ1v) is 7.36. The summed E-state index contributed by atoms with van der Waals surface area (Å²) < 4.78 is 0. The van der Waals surface area contributed by atoms with Gasteiger partial charge >= 0.3 is 6.03 Å². The summed E-state index contributed by atoms with van der Waals surface area (Å²) in [5.41, 5.74) is 2.20. The number of aryl methyl sites for hydroxylation is 1. The molecule has 1 saturated heterocycles. The average molecular weight is 260 g/mol. The van der Waals surface area contributed by atoms with Gasteiger partial charge in [0, 0.05) is 25.3 Å². The molecule has 19 heavy (non-hydrogen) atoms. The zero-order valence-corrected chi connectivity index (χ0v) is 12.1. The molecule has 0 atom stereocenters. The number of para-hydroxylation sites is 1. The van der Waals surface area contributed by atoms with Crippen molar-refractivity contribution >= 4 is 11.7 Å². The van der Waals surface area contributed by atoms with Crippen LogP contribution in [0.2, 0.25) is 0 Å². The molecule has 2 rings (SSSR count). The summed E-state index contributed by atoms with van der Waals surface area (Å²) in [6.45, 7) is 6.64. The van der Waals surface area contributed by atoms with Gasteiger partial charge in [0.25, 0.3) is 0 Å². The molecule has 104 valence electrons. The fraction of sp³-hybridized carbons (Fsp3) is 0.562. The van der Waals surface area contributed by atoms with Crippen molar-refractivity contribution < 1.29 is 4.79 Å². The number of carbonyl (C=O) groups excluding carboxylic acids is 1. The van der Waals surface area contributed by atoms with Gasteiger partial charge in [0.05, 0.1) is 0 Å². The first kappa shape index (κ1) is 13.9. The normalized spacial score (nSPS) is 16.0. The number of rotatable bonds is 2. The highest BCUT2D eigenvalue weighted by molar-refractivity contribution is 5.92. The van der Waals surface area contributed by atoms with Crippen molar-refractivity contribution in [2.24, 2.45) is 0 Å². The highest BCUT2D eigenvalue weighted by Gasteiger charge is 2.22. The molecule has 0 spiro atoms. The van der Waals surface area contributed by atoms with E-state index in [0.29, 0.717) is 0 Å². The monoisotopic (exact) mass is 260 g/mol. The van der Waals surface area contributed by atoms with E-state index in [1.807, 2.05) is 34.9 Å². The van der Waals surface area contributed by atoms with Gasteiger partial charge in [0.2, 0.25) is 0 Å². The topological polar surface area (TPSA) is 23.6 Å². The summed E-state index contributed by atoms with van der Waals surface area (Å²) in [5, 5.41) is 0. The molecule has 1 aliphatic heterocycles. The van der Waals surface area contributed by atoms with Gasteiger partial charge in [-0.05, 0) is 38.3 Å². The Morgan fingerprint density at radius 2 is 1.79 bits per heavy atom. The number of hydrogen-bond acceptors (Lipinski definition) is 1. The molecular weight excluding hydrogens is 236 g/mol. The van der Waals surface area contributed by atoms with Gasteiger partial charge in [-0.15, -0.1) is 0 Å². The summed E-state index contributed by atoms with van der Waals surface area (Å²) >= 11 is 0. The average Bonchev–Trinajstić information content (AvgIpc) is 2.70. The molecule has 1 heterocycles. The molecule has 0 saturated carbocycles. The minimum Gasteiger partial charge on any atom is -0.324 e. The molecule has 0 aromatic heterocycles. The van der Waals surface area contributed by atoms with Crippen molar-refractivity contribution in [1.29, 1.82) is 0 Å². The van der Waals surface area contributed by atoms with E-state index in [4.69, 9.17) is 0 Å². The second-order valence-electron chi connectivity index (χ2n) is 5.21. The van der Waals surface area contributed by atoms with Crippen LogP contribution in [0, 0.1) is 6.92 Å². The van der Waals surface area contributed by atoms with Crippen LogP contribution < -0.4 is 4.90 Å². The quantitative estimate of drug-likeness (QED) is 0.793. The number of benzene rings is 1. The van der Waals surface area contributed by atoms with Crippen molar-refractivity contribution in [2.45, 2.75) is 39.5 Å². The van der Waals surface area contributed by atoms with Gasteiger partial charge in [0.1, 0.15) is 0 Å². The maximum Gasteiger partial charge on any atom is 0.324 e. The third kappa shape index (κ3) is 3.28. The molecule has 0 unspecified atom stereocenters. The van der Waals surface area contributed by atoms with Crippen LogP contribution in [0.1, 0.15) is 38.2 Å². The van der Waals surface area contributed by atoms with E-state index in [1.165, 1.54) is 12.8 Å². The van der Waals surface area contributed by atoms with E-state index in [9.17, 15) is 4.79 Å². The molecule has 0 bridgehead atoms. The van der Waals surface area contributed by atoms with Crippen LogP contribution in [-0.2, 0) is 0 Å². The lowest BCUT2D eigenvalue weighted by molar-refractivity contribution is 0.207. The zero-order valence-electron chi connectivity index (χ0n) is 12.1. The number of carbonyl (C=O) groups is 1. The molecule has 0 aliphatic carbocycles. The maximum atomic E-state index is 12.7. The fourth-order valence-electron chi connectivity index (χ4n) is 2.71. The number of nitrogens with zero attached hydrogens (tertiary/aromatic N) is 2. The third-order valence-corrected chi connectivity index (χ3v) is 3.83. The number of amides is 2. The van der Waals surface area contributed by atoms with E-state index in [1.54, 1.807) is 0 Å². The molecule has 0 N–H and O–H groups in total. The van der Waals surface area contributed by atoms with Gasteiger partial charge in [-0.3, -0.25) is 4.90 Å². The second-order valence-corrected chi connectivity index (χ2v) is 5.21. The molecule has 1 aromatic rings. The Kier molecular flexibility index (Phi) is 4.83. The number of hydrogen-bond donors (Lipinski definition) is 0. The molecule has 1 aromatic carbocycles. The van der Waals surface area contributed by atoms with Crippen molar-refractivity contribution in [1.82, 2.24) is 4.90 Å². The third-order valence-electron chi connectivity index (χ3n) is 3.83. The Hall–Kier alpha value is -1.51. The smallest absolute Gasteiger partial charge is 0.324 e. The Labute approximate surface area is 116 Å². The van der Waals surface area contributed by atoms with E-state index in [0.717, 1.165) is 43.7 Å². The van der Waals surface area contributed by atoms with Crippen LogP contribution in [0.15, 0.2) is 24.3 Å². The van der Waals surface area contributed by atoms with Gasteiger partial charge in [-0.25, -0.2) is 4.79 Å². The van der Waals surface area contributed by atoms with E-state index in [2.05, 4.69) is 13.0 Å². The Morgan fingerprint density at radius 1 is 1.16 bits per heavy atom. The summed E-state index contributed by atoms with van der Waals surface area (Å²) in [6.07, 6.45) is 4.77. The largest absolute Gasteiger partial charge is 0.324 e. The van der Waals surface area contributed by atoms with Crippen molar-refractivity contribution in [2.75, 3.05) is 24.5 Å². The van der Waals surface area contributed by atoms with Gasteiger partial charge < -0.3 is 4.90 Å². The van der Waals surface area contributed by atoms with E-state index in [-0.39, 0.29) is 6.03 Å². The van der Waals surface area contributed by atoms with Crippen molar-refractivity contribution in [3.63, 3.8) is 0 Å². The summed E-state index contributed by atoms with van der Waals surface area (Å²) in [7, 11) is 0. The highest BCUT2D eigenvalue weighted by Crippen LogP contribution is 2.21. The van der Waals surface area contributed by atoms with Crippen LogP contribution >= 0.6 is 0 Å². The summed E-state index contributed by atoms with van der Waals surface area (Å²) in [6, 6.07) is 8.28. The molecule has 1 fully saturated rings. The Balaban J connectivity index is 2.16. The zero-order chi connectivity index (χ0) is 13.7. The lowest BCUT2D eigenvalue weighted by atomic mass is 10.2. The van der Waals surface area contributed by atoms with E-state index >= 15 is 0 Å². The number of anilines is 1. The summed E-state index contributed by atoms with van der Waals surface area (Å²) in [5.74, 6) is 0. The van der Waals surface area contributed by atoms with Crippen LogP contribution in [0.3, 0.4) is 0 Å². The number of likely N-dealkylation sites (tertiary alicyclic amines) is 1.